The van der Waals surface area contributed by atoms with Crippen molar-refractivity contribution in [2.75, 3.05) is 13.2 Å². The molecule has 1 saturated heterocycles. The van der Waals surface area contributed by atoms with Gasteiger partial charge in [0.2, 0.25) is 0 Å². The molecule has 2 aliphatic heterocycles. The standard InChI is InChI=1S/C14H20N4O/c15-12-9-18-11-2-1-5-17-13(11)14(12,16)8-10-3-6-19-7-4-10/h1-2,5,9-10,12H,3-4,6-8,15-16H2. The van der Waals surface area contributed by atoms with Crippen molar-refractivity contribution in [2.24, 2.45) is 22.4 Å². The Morgan fingerprint density at radius 3 is 2.95 bits per heavy atom. The highest BCUT2D eigenvalue weighted by Gasteiger charge is 2.41. The molecule has 5 heteroatoms. The minimum absolute atomic E-state index is 0.280. The summed E-state index contributed by atoms with van der Waals surface area (Å²) in [7, 11) is 0. The highest BCUT2D eigenvalue weighted by Crippen LogP contribution is 2.38. The van der Waals surface area contributed by atoms with Crippen LogP contribution < -0.4 is 11.5 Å². The Kier molecular flexibility index (Phi) is 3.35. The Labute approximate surface area is 113 Å². The van der Waals surface area contributed by atoms with Crippen LogP contribution in [0.2, 0.25) is 0 Å². The summed E-state index contributed by atoms with van der Waals surface area (Å²) in [6.07, 6.45) is 6.45. The lowest BCUT2D eigenvalue weighted by Gasteiger charge is -2.39. The first kappa shape index (κ1) is 12.7. The largest absolute Gasteiger partial charge is 0.381 e. The molecule has 0 aliphatic carbocycles. The van der Waals surface area contributed by atoms with Crippen molar-refractivity contribution in [1.29, 1.82) is 0 Å². The van der Waals surface area contributed by atoms with Gasteiger partial charge < -0.3 is 16.2 Å². The Morgan fingerprint density at radius 2 is 2.16 bits per heavy atom. The van der Waals surface area contributed by atoms with E-state index in [4.69, 9.17) is 16.2 Å². The minimum atomic E-state index is -0.611. The summed E-state index contributed by atoms with van der Waals surface area (Å²) in [6, 6.07) is 3.54. The number of nitrogens with zero attached hydrogens (tertiary/aromatic N) is 2. The molecule has 0 radical (unpaired) electrons. The molecule has 5 nitrogen and oxygen atoms in total. The molecule has 0 saturated carbocycles. The van der Waals surface area contributed by atoms with E-state index in [2.05, 4.69) is 9.98 Å². The Bertz CT molecular complexity index is 484. The quantitative estimate of drug-likeness (QED) is 0.833. The summed E-state index contributed by atoms with van der Waals surface area (Å²) in [6.45, 7) is 1.64. The molecule has 1 aromatic heterocycles. The zero-order chi connectivity index (χ0) is 13.3. The van der Waals surface area contributed by atoms with Crippen LogP contribution in [0.25, 0.3) is 0 Å². The molecule has 4 N–H and O–H groups in total. The van der Waals surface area contributed by atoms with Crippen molar-refractivity contribution in [3.63, 3.8) is 0 Å². The molecule has 19 heavy (non-hydrogen) atoms. The molecule has 0 spiro atoms. The monoisotopic (exact) mass is 260 g/mol. The molecule has 0 aromatic carbocycles. The van der Waals surface area contributed by atoms with E-state index in [1.165, 1.54) is 0 Å². The number of aromatic nitrogens is 1. The van der Waals surface area contributed by atoms with Gasteiger partial charge in [-0.1, -0.05) is 0 Å². The summed E-state index contributed by atoms with van der Waals surface area (Å²) in [5.41, 5.74) is 13.9. The first-order valence-corrected chi connectivity index (χ1v) is 6.82. The maximum atomic E-state index is 6.63. The van der Waals surface area contributed by atoms with Crippen molar-refractivity contribution in [3.8, 4) is 0 Å². The fourth-order valence-corrected chi connectivity index (χ4v) is 2.97. The Hall–Kier alpha value is -1.30. The SMILES string of the molecule is NC1C=Nc2cccnc2C1(N)CC1CCOCC1. The molecular formula is C14H20N4O. The summed E-state index contributed by atoms with van der Waals surface area (Å²) >= 11 is 0. The molecular weight excluding hydrogens is 240 g/mol. The van der Waals surface area contributed by atoms with Gasteiger partial charge in [0.25, 0.3) is 0 Å². The second-order valence-electron chi connectivity index (χ2n) is 5.48. The average molecular weight is 260 g/mol. The smallest absolute Gasteiger partial charge is 0.0878 e. The lowest BCUT2D eigenvalue weighted by Crippen LogP contribution is -2.56. The number of hydrogen-bond acceptors (Lipinski definition) is 5. The zero-order valence-electron chi connectivity index (χ0n) is 11.0. The van der Waals surface area contributed by atoms with Crippen molar-refractivity contribution in [1.82, 2.24) is 4.98 Å². The van der Waals surface area contributed by atoms with Crippen LogP contribution >= 0.6 is 0 Å². The van der Waals surface area contributed by atoms with Crippen LogP contribution in [-0.2, 0) is 10.3 Å². The zero-order valence-corrected chi connectivity index (χ0v) is 11.0. The van der Waals surface area contributed by atoms with E-state index in [9.17, 15) is 0 Å². The van der Waals surface area contributed by atoms with Crippen molar-refractivity contribution in [3.05, 3.63) is 24.0 Å². The number of aliphatic imine (C=N–C) groups is 1. The number of hydrogen-bond donors (Lipinski definition) is 2. The van der Waals surface area contributed by atoms with Gasteiger partial charge in [0.05, 0.1) is 23.0 Å². The highest BCUT2D eigenvalue weighted by atomic mass is 16.5. The normalized spacial score (nSPS) is 31.2. The van der Waals surface area contributed by atoms with E-state index in [-0.39, 0.29) is 6.04 Å². The predicted octanol–water partition coefficient (Wildman–Crippen LogP) is 1.10. The molecule has 2 atom stereocenters. The van der Waals surface area contributed by atoms with Gasteiger partial charge in [0.1, 0.15) is 0 Å². The van der Waals surface area contributed by atoms with E-state index in [1.807, 2.05) is 12.1 Å². The molecule has 3 heterocycles. The maximum absolute atomic E-state index is 6.63. The number of pyridine rings is 1. The molecule has 102 valence electrons. The summed E-state index contributed by atoms with van der Waals surface area (Å²) in [5, 5.41) is 0. The summed E-state index contributed by atoms with van der Waals surface area (Å²) in [5.74, 6) is 0.547. The lowest BCUT2D eigenvalue weighted by molar-refractivity contribution is 0.0549. The maximum Gasteiger partial charge on any atom is 0.0878 e. The fraction of sp³-hybridized carbons (Fsp3) is 0.571. The van der Waals surface area contributed by atoms with Crippen LogP contribution in [0.1, 0.15) is 25.0 Å². The third-order valence-corrected chi connectivity index (χ3v) is 4.16. The highest BCUT2D eigenvalue weighted by molar-refractivity contribution is 5.75. The molecule has 2 unspecified atom stereocenters. The number of rotatable bonds is 2. The summed E-state index contributed by atoms with van der Waals surface area (Å²) in [4.78, 5) is 8.78. The average Bonchev–Trinajstić information content (AvgIpc) is 2.45. The molecule has 0 amide bonds. The first-order valence-electron chi connectivity index (χ1n) is 6.82. The Balaban J connectivity index is 1.90. The van der Waals surface area contributed by atoms with Gasteiger partial charge in [-0.2, -0.15) is 0 Å². The predicted molar refractivity (Wildman–Crippen MR) is 74.4 cm³/mol. The van der Waals surface area contributed by atoms with Gasteiger partial charge >= 0.3 is 0 Å². The van der Waals surface area contributed by atoms with Crippen LogP contribution in [-0.4, -0.2) is 30.5 Å². The van der Waals surface area contributed by atoms with E-state index < -0.39 is 5.54 Å². The molecule has 0 bridgehead atoms. The van der Waals surface area contributed by atoms with E-state index >= 15 is 0 Å². The summed E-state index contributed by atoms with van der Waals surface area (Å²) < 4.78 is 5.40. The van der Waals surface area contributed by atoms with Crippen LogP contribution in [0.4, 0.5) is 5.69 Å². The number of ether oxygens (including phenoxy) is 1. The number of nitrogens with two attached hydrogens (primary N) is 2. The molecule has 1 aromatic rings. The fourth-order valence-electron chi connectivity index (χ4n) is 2.97. The van der Waals surface area contributed by atoms with Crippen LogP contribution in [0.3, 0.4) is 0 Å². The van der Waals surface area contributed by atoms with E-state index in [0.717, 1.165) is 43.9 Å². The third-order valence-electron chi connectivity index (χ3n) is 4.16. The van der Waals surface area contributed by atoms with Gasteiger partial charge in [0, 0.05) is 25.6 Å². The molecule has 2 aliphatic rings. The van der Waals surface area contributed by atoms with E-state index in [1.54, 1.807) is 12.4 Å². The number of fused-ring (bicyclic) bond motifs is 1. The first-order chi connectivity index (χ1) is 9.20. The second kappa shape index (κ2) is 5.00. The topological polar surface area (TPSA) is 86.5 Å². The minimum Gasteiger partial charge on any atom is -0.381 e. The van der Waals surface area contributed by atoms with Gasteiger partial charge in [-0.05, 0) is 37.3 Å². The second-order valence-corrected chi connectivity index (χ2v) is 5.48. The van der Waals surface area contributed by atoms with Crippen LogP contribution in [0.15, 0.2) is 23.3 Å². The van der Waals surface area contributed by atoms with Gasteiger partial charge in [-0.15, -0.1) is 0 Å². The molecule has 1 fully saturated rings. The lowest BCUT2D eigenvalue weighted by atomic mass is 9.76. The Morgan fingerprint density at radius 1 is 1.37 bits per heavy atom. The molecule has 3 rings (SSSR count). The van der Waals surface area contributed by atoms with Gasteiger partial charge in [0.15, 0.2) is 0 Å². The van der Waals surface area contributed by atoms with Crippen molar-refractivity contribution >= 4 is 11.9 Å². The third kappa shape index (κ3) is 2.29. The van der Waals surface area contributed by atoms with Crippen molar-refractivity contribution in [2.45, 2.75) is 30.8 Å². The van der Waals surface area contributed by atoms with Gasteiger partial charge in [-0.25, -0.2) is 0 Å². The van der Waals surface area contributed by atoms with Crippen molar-refractivity contribution < 1.29 is 4.74 Å². The van der Waals surface area contributed by atoms with Crippen LogP contribution in [0.5, 0.6) is 0 Å². The van der Waals surface area contributed by atoms with Gasteiger partial charge in [-0.3, -0.25) is 9.98 Å². The van der Waals surface area contributed by atoms with E-state index in [0.29, 0.717) is 5.92 Å². The van der Waals surface area contributed by atoms with Crippen LogP contribution in [0, 0.1) is 5.92 Å².